The number of rotatable bonds is 1. The van der Waals surface area contributed by atoms with Crippen LogP contribution in [0.5, 0.6) is 0 Å². The van der Waals surface area contributed by atoms with E-state index >= 15 is 0 Å². The van der Waals surface area contributed by atoms with Gasteiger partial charge in [-0.05, 0) is 101 Å². The lowest BCUT2D eigenvalue weighted by atomic mass is 9.79. The van der Waals surface area contributed by atoms with E-state index in [-0.39, 0.29) is 10.8 Å². The third kappa shape index (κ3) is 3.17. The molecule has 0 aliphatic rings. The zero-order chi connectivity index (χ0) is 25.0. The largest absolute Gasteiger partial charge is 0.143 e. The molecule has 0 fully saturated rings. The lowest BCUT2D eigenvalue weighted by Gasteiger charge is -2.25. The molecule has 0 radical (unpaired) electrons. The molecule has 7 rings (SSSR count). The van der Waals surface area contributed by atoms with Crippen LogP contribution in [0.1, 0.15) is 52.7 Å². The van der Waals surface area contributed by atoms with E-state index in [1.807, 2.05) is 22.7 Å². The molecule has 0 nitrogen and oxygen atoms in total. The van der Waals surface area contributed by atoms with Gasteiger partial charge in [0.15, 0.2) is 0 Å². The Morgan fingerprint density at radius 2 is 1.17 bits per heavy atom. The fourth-order valence-corrected chi connectivity index (χ4v) is 7.67. The van der Waals surface area contributed by atoms with Gasteiger partial charge in [0.05, 0.1) is 0 Å². The van der Waals surface area contributed by atoms with Gasteiger partial charge in [-0.1, -0.05) is 77.9 Å². The van der Waals surface area contributed by atoms with Crippen molar-refractivity contribution in [1.82, 2.24) is 0 Å². The standard InChI is InChI=1S/C34H30S2/c1-33(2,3)21-14-19-9-10-20-15-22(34(4,5)6)17-26-31(20)30(19)24(16-21)23-11-12-27-25(32(23)26)18-29(36-27)28-8-7-13-35-28/h7-18H,1-6H3. The quantitative estimate of drug-likeness (QED) is 0.155. The maximum Gasteiger partial charge on any atom is 0.0455 e. The van der Waals surface area contributed by atoms with Crippen LogP contribution in [0.15, 0.2) is 72.1 Å². The average Bonchev–Trinajstić information content (AvgIpc) is 3.50. The van der Waals surface area contributed by atoms with E-state index in [2.05, 4.69) is 114 Å². The SMILES string of the molecule is CC(C)(C)c1cc2ccc3cc(C(C)(C)C)cc4c5c6cc(-c7cccs7)sc6ccc5c(c1)c2c34. The molecule has 7 aromatic rings. The topological polar surface area (TPSA) is 0 Å². The van der Waals surface area contributed by atoms with Gasteiger partial charge in [-0.25, -0.2) is 0 Å². The number of thiophene rings is 2. The van der Waals surface area contributed by atoms with E-state index < -0.39 is 0 Å². The van der Waals surface area contributed by atoms with Crippen molar-refractivity contribution in [2.24, 2.45) is 0 Å². The first kappa shape index (κ1) is 22.3. The Hall–Kier alpha value is -2.94. The minimum atomic E-state index is 0.0842. The van der Waals surface area contributed by atoms with Crippen LogP contribution >= 0.6 is 22.7 Å². The Morgan fingerprint density at radius 1 is 0.528 bits per heavy atom. The van der Waals surface area contributed by atoms with Crippen molar-refractivity contribution in [3.05, 3.63) is 83.2 Å². The molecule has 2 aromatic heterocycles. The Kier molecular flexibility index (Phi) is 4.52. The first-order valence-electron chi connectivity index (χ1n) is 12.8. The van der Waals surface area contributed by atoms with Crippen LogP contribution in [-0.2, 0) is 10.8 Å². The monoisotopic (exact) mass is 502 g/mol. The summed E-state index contributed by atoms with van der Waals surface area (Å²) < 4.78 is 1.37. The number of benzene rings is 5. The Balaban J connectivity index is 1.75. The Morgan fingerprint density at radius 3 is 1.78 bits per heavy atom. The van der Waals surface area contributed by atoms with Gasteiger partial charge in [0, 0.05) is 19.8 Å². The fourth-order valence-electron chi connectivity index (χ4n) is 5.77. The summed E-state index contributed by atoms with van der Waals surface area (Å²) in [5.74, 6) is 0. The highest BCUT2D eigenvalue weighted by atomic mass is 32.1. The van der Waals surface area contributed by atoms with Crippen LogP contribution in [0.2, 0.25) is 0 Å². The maximum atomic E-state index is 2.49. The lowest BCUT2D eigenvalue weighted by Crippen LogP contribution is -2.11. The molecule has 0 amide bonds. The summed E-state index contributed by atoms with van der Waals surface area (Å²) in [6, 6.07) is 26.1. The highest BCUT2D eigenvalue weighted by Gasteiger charge is 2.23. The van der Waals surface area contributed by atoms with Gasteiger partial charge >= 0.3 is 0 Å². The summed E-state index contributed by atoms with van der Waals surface area (Å²) in [6.45, 7) is 13.9. The van der Waals surface area contributed by atoms with E-state index in [0.29, 0.717) is 0 Å². The van der Waals surface area contributed by atoms with Crippen molar-refractivity contribution < 1.29 is 0 Å². The Bertz CT molecular complexity index is 1930. The molecule has 5 aromatic carbocycles. The summed E-state index contributed by atoms with van der Waals surface area (Å²) in [4.78, 5) is 2.72. The molecule has 36 heavy (non-hydrogen) atoms. The van der Waals surface area contributed by atoms with Crippen LogP contribution in [0.4, 0.5) is 0 Å². The molecule has 0 N–H and O–H groups in total. The van der Waals surface area contributed by atoms with Crippen molar-refractivity contribution in [3.63, 3.8) is 0 Å². The van der Waals surface area contributed by atoms with Crippen LogP contribution in [0.3, 0.4) is 0 Å². The molecule has 178 valence electrons. The van der Waals surface area contributed by atoms with Crippen LogP contribution in [0.25, 0.3) is 62.9 Å². The predicted octanol–water partition coefficient (Wildman–Crippen LogP) is 11.3. The van der Waals surface area contributed by atoms with Crippen molar-refractivity contribution in [1.29, 1.82) is 0 Å². The van der Waals surface area contributed by atoms with Gasteiger partial charge in [0.2, 0.25) is 0 Å². The summed E-state index contributed by atoms with van der Waals surface area (Å²) in [5, 5.41) is 14.7. The van der Waals surface area contributed by atoms with Gasteiger partial charge in [-0.3, -0.25) is 0 Å². The molecular weight excluding hydrogens is 473 g/mol. The zero-order valence-corrected chi connectivity index (χ0v) is 23.4. The zero-order valence-electron chi connectivity index (χ0n) is 21.7. The molecule has 0 saturated heterocycles. The molecular formula is C34H30S2. The van der Waals surface area contributed by atoms with Gasteiger partial charge in [-0.15, -0.1) is 22.7 Å². The third-order valence-electron chi connectivity index (χ3n) is 7.79. The molecule has 0 atom stereocenters. The van der Waals surface area contributed by atoms with Gasteiger partial charge in [0.25, 0.3) is 0 Å². The summed E-state index contributed by atoms with van der Waals surface area (Å²) in [7, 11) is 0. The third-order valence-corrected chi connectivity index (χ3v) is 9.95. The molecule has 0 aliphatic carbocycles. The normalized spacial score (nSPS) is 13.3. The maximum absolute atomic E-state index is 2.49. The Labute approximate surface area is 220 Å². The van der Waals surface area contributed by atoms with Crippen molar-refractivity contribution in [2.45, 2.75) is 52.4 Å². The lowest BCUT2D eigenvalue weighted by molar-refractivity contribution is 0.591. The highest BCUT2D eigenvalue weighted by Crippen LogP contribution is 2.48. The first-order chi connectivity index (χ1) is 17.1. The number of fused-ring (bicyclic) bond motifs is 5. The molecule has 0 spiro atoms. The van der Waals surface area contributed by atoms with Crippen molar-refractivity contribution >= 4 is 75.8 Å². The smallest absolute Gasteiger partial charge is 0.0455 e. The van der Waals surface area contributed by atoms with Crippen LogP contribution in [-0.4, -0.2) is 0 Å². The minimum Gasteiger partial charge on any atom is -0.143 e. The molecule has 0 aliphatic heterocycles. The van der Waals surface area contributed by atoms with E-state index in [1.165, 1.54) is 74.1 Å². The highest BCUT2D eigenvalue weighted by molar-refractivity contribution is 7.25. The van der Waals surface area contributed by atoms with Crippen LogP contribution < -0.4 is 0 Å². The van der Waals surface area contributed by atoms with Crippen molar-refractivity contribution in [2.75, 3.05) is 0 Å². The van der Waals surface area contributed by atoms with Gasteiger partial charge in [0.1, 0.15) is 0 Å². The minimum absolute atomic E-state index is 0.0842. The molecule has 2 heteroatoms. The summed E-state index contributed by atoms with van der Waals surface area (Å²) in [5.41, 5.74) is 2.97. The average molecular weight is 503 g/mol. The van der Waals surface area contributed by atoms with Gasteiger partial charge < -0.3 is 0 Å². The first-order valence-corrected chi connectivity index (χ1v) is 14.5. The van der Waals surface area contributed by atoms with Gasteiger partial charge in [-0.2, -0.15) is 0 Å². The molecule has 0 unspecified atom stereocenters. The second-order valence-electron chi connectivity index (χ2n) is 12.3. The molecule has 2 heterocycles. The van der Waals surface area contributed by atoms with E-state index in [0.717, 1.165) is 0 Å². The van der Waals surface area contributed by atoms with E-state index in [1.54, 1.807) is 0 Å². The van der Waals surface area contributed by atoms with E-state index in [9.17, 15) is 0 Å². The second-order valence-corrected chi connectivity index (χ2v) is 14.3. The number of hydrogen-bond donors (Lipinski definition) is 0. The van der Waals surface area contributed by atoms with Crippen molar-refractivity contribution in [3.8, 4) is 9.75 Å². The predicted molar refractivity (Wildman–Crippen MR) is 164 cm³/mol. The molecule has 0 saturated carbocycles. The van der Waals surface area contributed by atoms with E-state index in [4.69, 9.17) is 0 Å². The summed E-state index contributed by atoms with van der Waals surface area (Å²) in [6.07, 6.45) is 0. The molecule has 0 bridgehead atoms. The van der Waals surface area contributed by atoms with Crippen LogP contribution in [0, 0.1) is 0 Å². The second kappa shape index (κ2) is 7.31. The summed E-state index contributed by atoms with van der Waals surface area (Å²) >= 11 is 3.75. The fraction of sp³-hybridized carbons (Fsp3) is 0.235. The number of hydrogen-bond acceptors (Lipinski definition) is 2.